The molecule has 7 heteroatoms. The van der Waals surface area contributed by atoms with E-state index < -0.39 is 23.3 Å². The summed E-state index contributed by atoms with van der Waals surface area (Å²) in [7, 11) is 1.66. The summed E-state index contributed by atoms with van der Waals surface area (Å²) < 4.78 is 14.0. The number of rotatable bonds is 4. The van der Waals surface area contributed by atoms with Crippen molar-refractivity contribution in [2.75, 3.05) is 13.6 Å². The van der Waals surface area contributed by atoms with Crippen LogP contribution in [-0.4, -0.2) is 47.3 Å². The molecular weight excluding hydrogens is 301 g/mol. The number of benzene rings is 1. The van der Waals surface area contributed by atoms with Crippen LogP contribution in [0.4, 0.5) is 9.18 Å². The monoisotopic (exact) mass is 319 g/mol. The van der Waals surface area contributed by atoms with Gasteiger partial charge in [0, 0.05) is 18.7 Å². The van der Waals surface area contributed by atoms with Crippen molar-refractivity contribution in [2.24, 2.45) is 0 Å². The van der Waals surface area contributed by atoms with E-state index in [9.17, 15) is 18.8 Å². The van der Waals surface area contributed by atoms with Crippen LogP contribution in [0, 0.1) is 5.82 Å². The highest BCUT2D eigenvalue weighted by molar-refractivity contribution is 6.09. The lowest BCUT2D eigenvalue weighted by atomic mass is 9.91. The van der Waals surface area contributed by atoms with E-state index in [2.05, 4.69) is 5.32 Å². The van der Waals surface area contributed by atoms with Gasteiger partial charge in [0.1, 0.15) is 17.9 Å². The van der Waals surface area contributed by atoms with Crippen LogP contribution in [0.15, 0.2) is 24.3 Å². The molecule has 1 aliphatic heterocycles. The maximum Gasteiger partial charge on any atom is 0.325 e. The van der Waals surface area contributed by atoms with Gasteiger partial charge in [-0.05, 0) is 25.8 Å². The molecule has 1 saturated heterocycles. The largest absolute Gasteiger partial charge is 0.341 e. The maximum atomic E-state index is 14.0. The first-order valence-electron chi connectivity index (χ1n) is 7.49. The lowest BCUT2D eigenvalue weighted by Gasteiger charge is -2.23. The highest BCUT2D eigenvalue weighted by Gasteiger charge is 2.51. The van der Waals surface area contributed by atoms with E-state index in [4.69, 9.17) is 0 Å². The third-order valence-corrected chi connectivity index (χ3v) is 4.47. The molecule has 4 amide bonds. The second-order valence-corrected chi connectivity index (χ2v) is 6.16. The number of carbonyl (C=O) groups excluding carboxylic acids is 3. The minimum Gasteiger partial charge on any atom is -0.341 e. The Morgan fingerprint density at radius 3 is 2.65 bits per heavy atom. The summed E-state index contributed by atoms with van der Waals surface area (Å²) >= 11 is 0. The molecule has 3 rings (SSSR count). The van der Waals surface area contributed by atoms with E-state index in [0.29, 0.717) is 0 Å². The molecule has 0 spiro atoms. The summed E-state index contributed by atoms with van der Waals surface area (Å²) in [4.78, 5) is 39.3. The molecule has 122 valence electrons. The molecule has 1 aromatic rings. The van der Waals surface area contributed by atoms with Crippen LogP contribution in [0.3, 0.4) is 0 Å². The molecule has 23 heavy (non-hydrogen) atoms. The Morgan fingerprint density at radius 2 is 2.04 bits per heavy atom. The topological polar surface area (TPSA) is 69.7 Å². The normalized spacial score (nSPS) is 23.9. The van der Waals surface area contributed by atoms with Crippen molar-refractivity contribution in [3.8, 4) is 0 Å². The first-order chi connectivity index (χ1) is 10.8. The second-order valence-electron chi connectivity index (χ2n) is 6.16. The predicted molar refractivity (Wildman–Crippen MR) is 79.8 cm³/mol. The van der Waals surface area contributed by atoms with E-state index in [1.54, 1.807) is 18.0 Å². The van der Waals surface area contributed by atoms with Crippen molar-refractivity contribution in [1.82, 2.24) is 15.1 Å². The van der Waals surface area contributed by atoms with Gasteiger partial charge < -0.3 is 10.2 Å². The van der Waals surface area contributed by atoms with Gasteiger partial charge in [-0.3, -0.25) is 14.5 Å². The summed E-state index contributed by atoms with van der Waals surface area (Å²) in [5.74, 6) is -1.49. The van der Waals surface area contributed by atoms with Crippen molar-refractivity contribution in [1.29, 1.82) is 0 Å². The molecule has 1 aliphatic carbocycles. The molecule has 2 aliphatic rings. The molecule has 1 atom stereocenters. The van der Waals surface area contributed by atoms with Crippen molar-refractivity contribution in [3.05, 3.63) is 35.6 Å². The van der Waals surface area contributed by atoms with Gasteiger partial charge >= 0.3 is 6.03 Å². The number of hydrogen-bond acceptors (Lipinski definition) is 3. The quantitative estimate of drug-likeness (QED) is 0.848. The predicted octanol–water partition coefficient (Wildman–Crippen LogP) is 1.21. The number of nitrogens with one attached hydrogen (secondary N) is 1. The van der Waals surface area contributed by atoms with Gasteiger partial charge in [-0.1, -0.05) is 18.2 Å². The molecule has 0 unspecified atom stereocenters. The molecule has 1 N–H and O–H groups in total. The number of amides is 4. The van der Waals surface area contributed by atoms with E-state index in [1.165, 1.54) is 25.1 Å². The molecular formula is C16H18FN3O3. The molecule has 1 aromatic carbocycles. The average molecular weight is 319 g/mol. The SMILES string of the molecule is CN(C(=O)CN1C(=O)N[C@@](C)(c2ccccc2F)C1=O)C1CC1. The first kappa shape index (κ1) is 15.5. The lowest BCUT2D eigenvalue weighted by molar-refractivity contribution is -0.138. The second kappa shape index (κ2) is 5.33. The van der Waals surface area contributed by atoms with Crippen LogP contribution in [0.5, 0.6) is 0 Å². The highest BCUT2D eigenvalue weighted by atomic mass is 19.1. The summed E-state index contributed by atoms with van der Waals surface area (Å²) in [5.41, 5.74) is -1.41. The Kier molecular flexibility index (Phi) is 3.58. The zero-order chi connectivity index (χ0) is 16.8. The number of halogens is 1. The summed E-state index contributed by atoms with van der Waals surface area (Å²) in [5, 5.41) is 2.50. The summed E-state index contributed by atoms with van der Waals surface area (Å²) in [6.45, 7) is 1.11. The van der Waals surface area contributed by atoms with Crippen molar-refractivity contribution in [3.63, 3.8) is 0 Å². The van der Waals surface area contributed by atoms with Crippen molar-refractivity contribution < 1.29 is 18.8 Å². The van der Waals surface area contributed by atoms with Crippen LogP contribution in [0.1, 0.15) is 25.3 Å². The molecule has 0 radical (unpaired) electrons. The number of carbonyl (C=O) groups is 3. The molecule has 0 bridgehead atoms. The van der Waals surface area contributed by atoms with Gasteiger partial charge in [0.2, 0.25) is 5.91 Å². The molecule has 1 saturated carbocycles. The summed E-state index contributed by atoms with van der Waals surface area (Å²) in [6.07, 6.45) is 1.88. The minimum atomic E-state index is -1.50. The molecule has 1 heterocycles. The minimum absolute atomic E-state index is 0.0869. The van der Waals surface area contributed by atoms with Gasteiger partial charge in [0.05, 0.1) is 0 Å². The number of imide groups is 1. The van der Waals surface area contributed by atoms with E-state index in [0.717, 1.165) is 17.7 Å². The van der Waals surface area contributed by atoms with Crippen LogP contribution in [0.25, 0.3) is 0 Å². The molecule has 6 nitrogen and oxygen atoms in total. The zero-order valence-corrected chi connectivity index (χ0v) is 13.0. The summed E-state index contributed by atoms with van der Waals surface area (Å²) in [6, 6.07) is 5.30. The number of urea groups is 1. The van der Waals surface area contributed by atoms with Crippen LogP contribution < -0.4 is 5.32 Å². The van der Waals surface area contributed by atoms with Gasteiger partial charge in [-0.25, -0.2) is 9.18 Å². The van der Waals surface area contributed by atoms with Gasteiger partial charge in [0.15, 0.2) is 0 Å². The van der Waals surface area contributed by atoms with Crippen LogP contribution in [0.2, 0.25) is 0 Å². The number of nitrogens with zero attached hydrogens (tertiary/aromatic N) is 2. The fourth-order valence-electron chi connectivity index (χ4n) is 2.80. The number of likely N-dealkylation sites (N-methyl/N-ethyl adjacent to an activating group) is 1. The average Bonchev–Trinajstić information content (AvgIpc) is 3.32. The highest BCUT2D eigenvalue weighted by Crippen LogP contribution is 2.31. The van der Waals surface area contributed by atoms with Crippen molar-refractivity contribution in [2.45, 2.75) is 31.3 Å². The Hall–Kier alpha value is -2.44. The van der Waals surface area contributed by atoms with E-state index in [1.807, 2.05) is 0 Å². The Balaban J connectivity index is 1.82. The van der Waals surface area contributed by atoms with Gasteiger partial charge in [-0.2, -0.15) is 0 Å². The molecule has 2 fully saturated rings. The maximum absolute atomic E-state index is 14.0. The lowest BCUT2D eigenvalue weighted by Crippen LogP contribution is -2.44. The van der Waals surface area contributed by atoms with Crippen LogP contribution in [-0.2, 0) is 15.1 Å². The fourth-order valence-corrected chi connectivity index (χ4v) is 2.80. The zero-order valence-electron chi connectivity index (χ0n) is 13.0. The third-order valence-electron chi connectivity index (χ3n) is 4.47. The Bertz CT molecular complexity index is 689. The number of hydrogen-bond donors (Lipinski definition) is 1. The molecule has 0 aromatic heterocycles. The smallest absolute Gasteiger partial charge is 0.325 e. The van der Waals surface area contributed by atoms with Crippen LogP contribution >= 0.6 is 0 Å². The standard InChI is InChI=1S/C16H18FN3O3/c1-16(11-5-3-4-6-12(11)17)14(22)20(15(23)18-16)9-13(21)19(2)10-7-8-10/h3-6,10H,7-9H2,1-2H3,(H,18,23)/t16-/m0/s1. The van der Waals surface area contributed by atoms with Gasteiger partial charge in [0.25, 0.3) is 5.91 Å². The Morgan fingerprint density at radius 1 is 1.39 bits per heavy atom. The Labute approximate surface area is 133 Å². The third kappa shape index (κ3) is 2.56. The fraction of sp³-hybridized carbons (Fsp3) is 0.438. The first-order valence-corrected chi connectivity index (χ1v) is 7.49. The van der Waals surface area contributed by atoms with Crippen molar-refractivity contribution >= 4 is 17.8 Å². The van der Waals surface area contributed by atoms with E-state index >= 15 is 0 Å². The van der Waals surface area contributed by atoms with E-state index in [-0.39, 0.29) is 24.1 Å². The van der Waals surface area contributed by atoms with Gasteiger partial charge in [-0.15, -0.1) is 0 Å².